The molecular weight excluding hydrogens is 561 g/mol. The number of ether oxygens (including phenoxy) is 1. The number of ketones is 1. The predicted molar refractivity (Wildman–Crippen MR) is 164 cm³/mol. The molecule has 2 aromatic heterocycles. The molecule has 1 fully saturated rings. The van der Waals surface area contributed by atoms with Gasteiger partial charge in [-0.25, -0.2) is 9.37 Å². The largest absolute Gasteiger partial charge is 0.377 e. The molecule has 1 aromatic carbocycles. The summed E-state index contributed by atoms with van der Waals surface area (Å²) >= 11 is 0. The number of nitrogens with one attached hydrogen (secondary N) is 1. The molecule has 2 N–H and O–H groups in total. The van der Waals surface area contributed by atoms with E-state index in [4.69, 9.17) is 9.72 Å². The van der Waals surface area contributed by atoms with Gasteiger partial charge in [-0.15, -0.1) is 0 Å². The Morgan fingerprint density at radius 1 is 1.16 bits per heavy atom. The maximum absolute atomic E-state index is 15.2. The Morgan fingerprint density at radius 2 is 1.91 bits per heavy atom. The molecule has 3 aromatic rings. The highest BCUT2D eigenvalue weighted by molar-refractivity contribution is 5.95. The lowest BCUT2D eigenvalue weighted by Gasteiger charge is -2.32. The first-order valence-corrected chi connectivity index (χ1v) is 15.9. The van der Waals surface area contributed by atoms with Crippen LogP contribution in [-0.4, -0.2) is 38.6 Å². The van der Waals surface area contributed by atoms with Crippen LogP contribution in [0.1, 0.15) is 106 Å². The van der Waals surface area contributed by atoms with E-state index in [9.17, 15) is 19.5 Å². The number of aromatic nitrogens is 2. The van der Waals surface area contributed by atoms with Crippen LogP contribution in [0.15, 0.2) is 16.9 Å². The van der Waals surface area contributed by atoms with Crippen LogP contribution in [0.25, 0.3) is 22.3 Å². The van der Waals surface area contributed by atoms with Gasteiger partial charge in [0.2, 0.25) is 0 Å². The summed E-state index contributed by atoms with van der Waals surface area (Å²) in [5.74, 6) is -0.767. The number of hydrogen-bond donors (Lipinski definition) is 2. The first-order valence-electron chi connectivity index (χ1n) is 15.9. The average Bonchev–Trinajstić information content (AvgIpc) is 3.67. The minimum atomic E-state index is -1.73. The molecule has 4 aliphatic rings. The van der Waals surface area contributed by atoms with Crippen LogP contribution in [0.3, 0.4) is 0 Å². The fourth-order valence-electron chi connectivity index (χ4n) is 7.48. The number of halogens is 1. The minimum Gasteiger partial charge on any atom is -0.377 e. The predicted octanol–water partition coefficient (Wildman–Crippen LogP) is 5.07. The number of aliphatic hydroxyl groups is 1. The van der Waals surface area contributed by atoms with Crippen molar-refractivity contribution in [1.29, 1.82) is 0 Å². The molecule has 0 saturated heterocycles. The Bertz CT molecular complexity index is 1830. The van der Waals surface area contributed by atoms with Gasteiger partial charge in [0.15, 0.2) is 5.78 Å². The van der Waals surface area contributed by atoms with Gasteiger partial charge in [-0.1, -0.05) is 27.7 Å². The normalized spacial score (nSPS) is 22.9. The number of nitrogens with zero attached hydrogens (tertiary/aromatic N) is 2. The van der Waals surface area contributed by atoms with Crippen molar-refractivity contribution in [2.45, 2.75) is 110 Å². The second-order valence-electron chi connectivity index (χ2n) is 14.4. The summed E-state index contributed by atoms with van der Waals surface area (Å²) in [6.45, 7) is 10.7. The van der Waals surface area contributed by atoms with Gasteiger partial charge in [0.25, 0.3) is 11.5 Å². The molecule has 0 radical (unpaired) electrons. The van der Waals surface area contributed by atoms with Gasteiger partial charge in [0, 0.05) is 41.2 Å². The second-order valence-corrected chi connectivity index (χ2v) is 14.4. The molecule has 0 spiro atoms. The molecule has 2 atom stereocenters. The lowest BCUT2D eigenvalue weighted by Crippen LogP contribution is -2.43. The quantitative estimate of drug-likeness (QED) is 0.319. The highest BCUT2D eigenvalue weighted by Gasteiger charge is 2.52. The molecule has 44 heavy (non-hydrogen) atoms. The molecule has 0 bridgehead atoms. The monoisotopic (exact) mass is 601 g/mol. The van der Waals surface area contributed by atoms with Gasteiger partial charge < -0.3 is 19.7 Å². The van der Waals surface area contributed by atoms with Crippen LogP contribution in [0.4, 0.5) is 4.39 Å². The lowest BCUT2D eigenvalue weighted by molar-refractivity contribution is -0.140. The van der Waals surface area contributed by atoms with Crippen molar-refractivity contribution in [2.75, 3.05) is 6.61 Å². The standard InChI is InChI=1S/C35H40FN3O5/c1-6-35(43)22-15-26-30-21(17-39(26)31(41)20(22)8-10-27(35)40)29-24(9-7-19-18(2)23(36)16-25(37-30)28(19)29)38-32(42)34(11-12-34)44-14-13-33(3,4)5/h15-16,24,43H,6-14,17H2,1-5H3,(H,38,42)/t24-,35-/m0/s1. The number of benzene rings is 1. The smallest absolute Gasteiger partial charge is 0.254 e. The van der Waals surface area contributed by atoms with E-state index in [1.165, 1.54) is 6.07 Å². The van der Waals surface area contributed by atoms with E-state index < -0.39 is 11.2 Å². The number of rotatable bonds is 6. The van der Waals surface area contributed by atoms with Crippen molar-refractivity contribution >= 4 is 22.6 Å². The van der Waals surface area contributed by atoms with Crippen molar-refractivity contribution in [3.05, 3.63) is 61.7 Å². The van der Waals surface area contributed by atoms with Crippen LogP contribution < -0.4 is 10.9 Å². The Balaban J connectivity index is 1.35. The number of amides is 1. The van der Waals surface area contributed by atoms with E-state index in [1.54, 1.807) is 24.5 Å². The summed E-state index contributed by atoms with van der Waals surface area (Å²) in [6, 6.07) is 2.81. The first-order chi connectivity index (χ1) is 20.8. The van der Waals surface area contributed by atoms with E-state index in [-0.39, 0.29) is 60.3 Å². The molecular formula is C35H40FN3O5. The van der Waals surface area contributed by atoms with Crippen molar-refractivity contribution in [1.82, 2.24) is 14.9 Å². The zero-order chi connectivity index (χ0) is 31.3. The molecule has 3 heterocycles. The minimum absolute atomic E-state index is 0.0996. The van der Waals surface area contributed by atoms with E-state index in [1.807, 2.05) is 0 Å². The van der Waals surface area contributed by atoms with Gasteiger partial charge >= 0.3 is 0 Å². The van der Waals surface area contributed by atoms with Crippen LogP contribution in [0.5, 0.6) is 0 Å². The van der Waals surface area contributed by atoms with E-state index in [2.05, 4.69) is 26.1 Å². The summed E-state index contributed by atoms with van der Waals surface area (Å²) < 4.78 is 23.0. The van der Waals surface area contributed by atoms with E-state index in [0.29, 0.717) is 65.9 Å². The van der Waals surface area contributed by atoms with Gasteiger partial charge in [-0.05, 0) is 80.0 Å². The molecule has 1 saturated carbocycles. The SMILES string of the molecule is CC[C@@]1(O)C(=O)CCc2c1cc1n(c2=O)Cc2c-1nc1cc(F)c(C)c3c1c2[C@@H](NC(=O)C1(OCCC(C)(C)C)CC1)CC3. The van der Waals surface area contributed by atoms with Crippen molar-refractivity contribution in [3.63, 3.8) is 0 Å². The highest BCUT2D eigenvalue weighted by atomic mass is 19.1. The number of pyridine rings is 2. The number of aryl methyl sites for hydroxylation is 1. The molecule has 0 unspecified atom stereocenters. The zero-order valence-corrected chi connectivity index (χ0v) is 26.2. The van der Waals surface area contributed by atoms with Crippen LogP contribution in [0, 0.1) is 18.2 Å². The fraction of sp³-hybridized carbons (Fsp3) is 0.543. The van der Waals surface area contributed by atoms with Gasteiger partial charge in [0.1, 0.15) is 17.0 Å². The molecule has 3 aliphatic carbocycles. The third-order valence-electron chi connectivity index (χ3n) is 10.4. The fourth-order valence-corrected chi connectivity index (χ4v) is 7.48. The molecule has 232 valence electrons. The van der Waals surface area contributed by atoms with Crippen molar-refractivity contribution < 1.29 is 23.8 Å². The zero-order valence-electron chi connectivity index (χ0n) is 26.2. The van der Waals surface area contributed by atoms with Gasteiger partial charge in [0.05, 0.1) is 29.5 Å². The van der Waals surface area contributed by atoms with Gasteiger partial charge in [-0.3, -0.25) is 14.4 Å². The molecule has 9 heteroatoms. The summed E-state index contributed by atoms with van der Waals surface area (Å²) in [6.07, 6.45) is 3.91. The molecule has 1 aliphatic heterocycles. The molecule has 1 amide bonds. The number of Topliss-reactive ketones (excluding diaryl/α,β-unsaturated/α-hetero) is 1. The summed E-state index contributed by atoms with van der Waals surface area (Å²) in [7, 11) is 0. The summed E-state index contributed by atoms with van der Waals surface area (Å²) in [5.41, 5.74) is 2.76. The lowest BCUT2D eigenvalue weighted by atomic mass is 9.77. The summed E-state index contributed by atoms with van der Waals surface area (Å²) in [4.78, 5) is 45.4. The van der Waals surface area contributed by atoms with Crippen LogP contribution in [-0.2, 0) is 39.3 Å². The van der Waals surface area contributed by atoms with Crippen molar-refractivity contribution in [2.24, 2.45) is 5.41 Å². The first kappa shape index (κ1) is 29.3. The summed E-state index contributed by atoms with van der Waals surface area (Å²) in [5, 5.41) is 15.5. The third-order valence-corrected chi connectivity index (χ3v) is 10.4. The maximum atomic E-state index is 15.2. The topological polar surface area (TPSA) is 111 Å². The van der Waals surface area contributed by atoms with Gasteiger partial charge in [-0.2, -0.15) is 0 Å². The van der Waals surface area contributed by atoms with Crippen molar-refractivity contribution in [3.8, 4) is 11.4 Å². The molecule has 7 rings (SSSR count). The number of carbonyl (C=O) groups excluding carboxylic acids is 2. The number of hydrogen-bond acceptors (Lipinski definition) is 6. The Morgan fingerprint density at radius 3 is 2.59 bits per heavy atom. The average molecular weight is 602 g/mol. The number of fused-ring (bicyclic) bond motifs is 5. The van der Waals surface area contributed by atoms with E-state index >= 15 is 4.39 Å². The third kappa shape index (κ3) is 4.30. The Labute approximate surface area is 256 Å². The molecule has 8 nitrogen and oxygen atoms in total. The Hall–Kier alpha value is -3.43. The Kier molecular flexibility index (Phi) is 6.51. The second kappa shape index (κ2) is 9.78. The van der Waals surface area contributed by atoms with Crippen LogP contribution >= 0.6 is 0 Å². The van der Waals surface area contributed by atoms with Crippen LogP contribution in [0.2, 0.25) is 0 Å². The maximum Gasteiger partial charge on any atom is 0.254 e. The van der Waals surface area contributed by atoms with E-state index in [0.717, 1.165) is 28.5 Å². The highest BCUT2D eigenvalue weighted by Crippen LogP contribution is 2.47. The number of carbonyl (C=O) groups is 2.